The van der Waals surface area contributed by atoms with Crippen molar-refractivity contribution >= 4 is 17.3 Å². The Kier molecular flexibility index (Phi) is 10.5. The summed E-state index contributed by atoms with van der Waals surface area (Å²) in [6.45, 7) is 17.7. The average molecular weight is 504 g/mol. The molecule has 4 rings (SSSR count). The monoisotopic (exact) mass is 503 g/mol. The van der Waals surface area contributed by atoms with Crippen LogP contribution in [0.5, 0.6) is 0 Å². The first-order valence-corrected chi connectivity index (χ1v) is 13.7. The quantitative estimate of drug-likeness (QED) is 0.329. The van der Waals surface area contributed by atoms with Crippen molar-refractivity contribution in [2.45, 2.75) is 80.6 Å². The number of oxazole rings is 1. The van der Waals surface area contributed by atoms with E-state index in [0.29, 0.717) is 28.8 Å². The number of likely N-dealkylation sites (tertiary alicyclic amines) is 1. The highest BCUT2D eigenvalue weighted by atomic mass is 19.1. The van der Waals surface area contributed by atoms with Crippen molar-refractivity contribution in [2.24, 2.45) is 5.92 Å². The molecule has 0 radical (unpaired) electrons. The van der Waals surface area contributed by atoms with Gasteiger partial charge in [-0.3, -0.25) is 0 Å². The fourth-order valence-corrected chi connectivity index (χ4v) is 4.79. The number of allylic oxidation sites excluding steroid dienone is 1. The Hall–Kier alpha value is -2.97. The van der Waals surface area contributed by atoms with E-state index in [-0.39, 0.29) is 5.82 Å². The van der Waals surface area contributed by atoms with E-state index in [9.17, 15) is 0 Å². The van der Waals surface area contributed by atoms with Gasteiger partial charge >= 0.3 is 0 Å². The summed E-state index contributed by atoms with van der Waals surface area (Å²) < 4.78 is 20.7. The van der Waals surface area contributed by atoms with Crippen molar-refractivity contribution in [3.05, 3.63) is 52.2 Å². The lowest BCUT2D eigenvalue weighted by atomic mass is 9.88. The molecule has 0 bridgehead atoms. The second-order valence-electron chi connectivity index (χ2n) is 9.95. The Balaban J connectivity index is 0.000000479. The second-order valence-corrected chi connectivity index (χ2v) is 9.95. The number of hydrogen-bond donors (Lipinski definition) is 0. The van der Waals surface area contributed by atoms with E-state index in [2.05, 4.69) is 54.4 Å². The van der Waals surface area contributed by atoms with Gasteiger partial charge in [-0.05, 0) is 94.9 Å². The van der Waals surface area contributed by atoms with Gasteiger partial charge in [0.15, 0.2) is 5.89 Å². The molecule has 3 aromatic rings. The Labute approximate surface area is 222 Å². The minimum Gasteiger partial charge on any atom is -0.423 e. The summed E-state index contributed by atoms with van der Waals surface area (Å²) in [5.74, 6) is 6.95. The average Bonchev–Trinajstić information content (AvgIpc) is 3.27. The summed E-state index contributed by atoms with van der Waals surface area (Å²) in [5, 5.41) is 0. The smallest absolute Gasteiger partial charge is 0.247 e. The lowest BCUT2D eigenvalue weighted by molar-refractivity contribution is 0.208. The maximum atomic E-state index is 15.1. The van der Waals surface area contributed by atoms with Crippen molar-refractivity contribution in [1.82, 2.24) is 14.9 Å². The number of aromatic nitrogens is 2. The molecule has 0 saturated carbocycles. The highest BCUT2D eigenvalue weighted by Gasteiger charge is 2.20. The van der Waals surface area contributed by atoms with Gasteiger partial charge in [0.1, 0.15) is 11.3 Å². The van der Waals surface area contributed by atoms with Gasteiger partial charge in [0.25, 0.3) is 0 Å². The largest absolute Gasteiger partial charge is 0.423 e. The highest BCUT2D eigenvalue weighted by molar-refractivity contribution is 5.78. The fourth-order valence-electron chi connectivity index (χ4n) is 4.79. The number of fused-ring (bicyclic) bond motifs is 1. The number of unbranched alkanes of at least 4 members (excludes halogenated alkanes) is 1. The molecule has 0 spiro atoms. The number of halogens is 1. The molecule has 1 aliphatic rings. The molecule has 198 valence electrons. The molecule has 0 amide bonds. The zero-order valence-corrected chi connectivity index (χ0v) is 23.7. The van der Waals surface area contributed by atoms with Gasteiger partial charge in [-0.2, -0.15) is 0 Å². The molecular weight excluding hydrogens is 461 g/mol. The van der Waals surface area contributed by atoms with Crippen LogP contribution in [0.2, 0.25) is 0 Å². The van der Waals surface area contributed by atoms with Crippen LogP contribution in [0.4, 0.5) is 4.39 Å². The molecule has 4 nitrogen and oxygen atoms in total. The third kappa shape index (κ3) is 7.52. The number of hydrogen-bond acceptors (Lipinski definition) is 4. The number of aryl methyl sites for hydroxylation is 3. The van der Waals surface area contributed by atoms with Crippen LogP contribution in [0, 0.1) is 44.3 Å². The van der Waals surface area contributed by atoms with E-state index in [1.54, 1.807) is 13.0 Å². The minimum atomic E-state index is -0.205. The second kappa shape index (κ2) is 13.5. The number of benzene rings is 1. The van der Waals surface area contributed by atoms with Gasteiger partial charge < -0.3 is 9.32 Å². The van der Waals surface area contributed by atoms with E-state index in [0.717, 1.165) is 67.5 Å². The topological polar surface area (TPSA) is 42.2 Å². The van der Waals surface area contributed by atoms with E-state index < -0.39 is 0 Å². The molecule has 0 atom stereocenters. The molecule has 1 aromatic carbocycles. The molecule has 0 aliphatic carbocycles. The van der Waals surface area contributed by atoms with Crippen LogP contribution in [-0.4, -0.2) is 34.5 Å². The summed E-state index contributed by atoms with van der Waals surface area (Å²) in [7, 11) is 0. The standard InChI is InChI=1S/C25H30FN3O.C7H12/c1-6-29-9-7-19(8-10-29)15(2)12-21-16(3)11-20(14-22(21)26)23-13-17(4)24-25(28-23)30-18(5)27-24;1-3-5-7-6-4-2/h11-14,19H,6-10H2,1-5H3;3-5H2,1-2H3/b15-12+;. The molecule has 1 fully saturated rings. The van der Waals surface area contributed by atoms with Gasteiger partial charge in [0.05, 0.1) is 5.69 Å². The molecule has 1 aliphatic heterocycles. The fraction of sp³-hybridized carbons (Fsp3) is 0.500. The van der Waals surface area contributed by atoms with E-state index in [1.165, 1.54) is 12.0 Å². The first-order chi connectivity index (χ1) is 17.8. The van der Waals surface area contributed by atoms with Crippen molar-refractivity contribution in [3.8, 4) is 23.1 Å². The third-order valence-electron chi connectivity index (χ3n) is 7.02. The van der Waals surface area contributed by atoms with Crippen molar-refractivity contribution in [2.75, 3.05) is 19.6 Å². The summed E-state index contributed by atoms with van der Waals surface area (Å²) in [6, 6.07) is 5.54. The Bertz CT molecular complexity index is 1260. The Morgan fingerprint density at radius 2 is 1.78 bits per heavy atom. The van der Waals surface area contributed by atoms with Gasteiger partial charge in [-0.1, -0.05) is 32.4 Å². The maximum absolute atomic E-state index is 15.1. The summed E-state index contributed by atoms with van der Waals surface area (Å²) in [6.07, 6.45) is 7.59. The summed E-state index contributed by atoms with van der Waals surface area (Å²) in [5.41, 5.74) is 6.58. The van der Waals surface area contributed by atoms with Crippen molar-refractivity contribution in [1.29, 1.82) is 0 Å². The molecule has 3 heterocycles. The van der Waals surface area contributed by atoms with Gasteiger partial charge in [-0.25, -0.2) is 14.4 Å². The number of rotatable bonds is 5. The zero-order chi connectivity index (χ0) is 26.9. The summed E-state index contributed by atoms with van der Waals surface area (Å²) in [4.78, 5) is 11.4. The lowest BCUT2D eigenvalue weighted by Gasteiger charge is -2.31. The predicted molar refractivity (Wildman–Crippen MR) is 153 cm³/mol. The maximum Gasteiger partial charge on any atom is 0.247 e. The van der Waals surface area contributed by atoms with Crippen LogP contribution in [0.1, 0.15) is 82.4 Å². The molecular formula is C32H42FN3O. The van der Waals surface area contributed by atoms with Crippen LogP contribution in [-0.2, 0) is 0 Å². The van der Waals surface area contributed by atoms with Crippen molar-refractivity contribution in [3.63, 3.8) is 0 Å². The SMILES string of the molecule is CCC#CCCC.CCN1CCC(/C(C)=C/c2c(C)cc(-c3cc(C)c4nc(C)oc4n3)cc2F)CC1. The van der Waals surface area contributed by atoms with Gasteiger partial charge in [0, 0.05) is 30.9 Å². The summed E-state index contributed by atoms with van der Waals surface area (Å²) >= 11 is 0. The Morgan fingerprint density at radius 1 is 1.05 bits per heavy atom. The predicted octanol–water partition coefficient (Wildman–Crippen LogP) is 8.29. The molecule has 0 unspecified atom stereocenters. The van der Waals surface area contributed by atoms with E-state index in [1.807, 2.05) is 32.1 Å². The number of piperidine rings is 1. The van der Waals surface area contributed by atoms with Crippen molar-refractivity contribution < 1.29 is 8.81 Å². The number of pyridine rings is 1. The zero-order valence-electron chi connectivity index (χ0n) is 23.7. The minimum absolute atomic E-state index is 0.205. The van der Waals surface area contributed by atoms with Crippen LogP contribution >= 0.6 is 0 Å². The normalized spacial score (nSPS) is 14.8. The van der Waals surface area contributed by atoms with Crippen LogP contribution < -0.4 is 0 Å². The van der Waals surface area contributed by atoms with Crippen LogP contribution in [0.3, 0.4) is 0 Å². The number of nitrogens with zero attached hydrogens (tertiary/aromatic N) is 3. The third-order valence-corrected chi connectivity index (χ3v) is 7.02. The van der Waals surface area contributed by atoms with E-state index in [4.69, 9.17) is 4.42 Å². The van der Waals surface area contributed by atoms with Crippen LogP contribution in [0.15, 0.2) is 28.2 Å². The highest BCUT2D eigenvalue weighted by Crippen LogP contribution is 2.31. The molecule has 2 aromatic heterocycles. The first-order valence-electron chi connectivity index (χ1n) is 13.7. The van der Waals surface area contributed by atoms with Gasteiger partial charge in [0.2, 0.25) is 5.71 Å². The Morgan fingerprint density at radius 3 is 2.41 bits per heavy atom. The lowest BCUT2D eigenvalue weighted by Crippen LogP contribution is -2.33. The van der Waals surface area contributed by atoms with Gasteiger partial charge in [-0.15, -0.1) is 11.8 Å². The first kappa shape index (κ1) is 28.6. The molecule has 0 N–H and O–H groups in total. The van der Waals surface area contributed by atoms with Crippen LogP contribution in [0.25, 0.3) is 28.6 Å². The molecule has 5 heteroatoms. The van der Waals surface area contributed by atoms with E-state index >= 15 is 4.39 Å². The molecule has 37 heavy (non-hydrogen) atoms. The molecule has 1 saturated heterocycles.